The summed E-state index contributed by atoms with van der Waals surface area (Å²) in [6.45, 7) is 0.634. The molecule has 0 aliphatic rings. The molecule has 0 aliphatic heterocycles. The molecule has 0 aliphatic carbocycles. The van der Waals surface area contributed by atoms with Crippen LogP contribution in [-0.4, -0.2) is 4.98 Å². The highest BCUT2D eigenvalue weighted by molar-refractivity contribution is 6.35. The lowest BCUT2D eigenvalue weighted by Gasteiger charge is -2.07. The molecule has 0 amide bonds. The first-order chi connectivity index (χ1) is 8.15. The summed E-state index contributed by atoms with van der Waals surface area (Å²) in [4.78, 5) is 4.11. The first-order valence-corrected chi connectivity index (χ1v) is 5.80. The molecule has 3 N–H and O–H groups in total. The molecule has 0 saturated heterocycles. The number of aromatic nitrogens is 1. The molecule has 5 heteroatoms. The maximum atomic E-state index is 5.99. The summed E-state index contributed by atoms with van der Waals surface area (Å²) in [6, 6.07) is 9.27. The van der Waals surface area contributed by atoms with Gasteiger partial charge in [0, 0.05) is 18.4 Å². The lowest BCUT2D eigenvalue weighted by atomic mass is 10.2. The molecule has 0 radical (unpaired) electrons. The van der Waals surface area contributed by atoms with Gasteiger partial charge in [-0.15, -0.1) is 0 Å². The predicted molar refractivity (Wildman–Crippen MR) is 72.4 cm³/mol. The molecule has 0 saturated carbocycles. The second-order valence-corrected chi connectivity index (χ2v) is 4.42. The zero-order valence-corrected chi connectivity index (χ0v) is 10.5. The molecular formula is C12H11Cl2N3. The normalized spacial score (nSPS) is 10.2. The van der Waals surface area contributed by atoms with Gasteiger partial charge in [-0.1, -0.05) is 35.3 Å². The van der Waals surface area contributed by atoms with Crippen LogP contribution in [0.1, 0.15) is 5.56 Å². The van der Waals surface area contributed by atoms with Crippen LogP contribution in [-0.2, 0) is 6.54 Å². The van der Waals surface area contributed by atoms with E-state index in [1.165, 1.54) is 0 Å². The predicted octanol–water partition coefficient (Wildman–Crippen LogP) is 3.58. The fraction of sp³-hybridized carbons (Fsp3) is 0.0833. The number of nitrogens with two attached hydrogens (primary N) is 1. The largest absolute Gasteiger partial charge is 0.399 e. The second-order valence-electron chi connectivity index (χ2n) is 3.58. The highest BCUT2D eigenvalue weighted by atomic mass is 35.5. The number of nitrogen functional groups attached to an aromatic ring is 1. The molecule has 3 nitrogen and oxygen atoms in total. The first-order valence-electron chi connectivity index (χ1n) is 5.04. The van der Waals surface area contributed by atoms with Gasteiger partial charge in [0.2, 0.25) is 0 Å². The lowest BCUT2D eigenvalue weighted by molar-refractivity contribution is 1.11. The zero-order valence-electron chi connectivity index (χ0n) is 8.95. The maximum Gasteiger partial charge on any atom is 0.145 e. The fourth-order valence-electron chi connectivity index (χ4n) is 1.37. The van der Waals surface area contributed by atoms with Crippen LogP contribution in [0.2, 0.25) is 10.0 Å². The number of rotatable bonds is 3. The van der Waals surface area contributed by atoms with E-state index in [4.69, 9.17) is 28.9 Å². The van der Waals surface area contributed by atoms with Crippen molar-refractivity contribution in [1.29, 1.82) is 0 Å². The average molecular weight is 268 g/mol. The summed E-state index contributed by atoms with van der Waals surface area (Å²) in [6.07, 6.45) is 1.55. The van der Waals surface area contributed by atoms with Crippen LogP contribution in [0.25, 0.3) is 0 Å². The number of hydrogen-bond donors (Lipinski definition) is 2. The fourth-order valence-corrected chi connectivity index (χ4v) is 1.81. The van der Waals surface area contributed by atoms with Crippen LogP contribution >= 0.6 is 23.2 Å². The van der Waals surface area contributed by atoms with Crippen molar-refractivity contribution in [3.8, 4) is 0 Å². The number of nitrogens with zero attached hydrogens (tertiary/aromatic N) is 1. The minimum Gasteiger partial charge on any atom is -0.399 e. The van der Waals surface area contributed by atoms with Crippen molar-refractivity contribution in [2.24, 2.45) is 0 Å². The van der Waals surface area contributed by atoms with Gasteiger partial charge in [-0.05, 0) is 23.8 Å². The molecule has 0 spiro atoms. The van der Waals surface area contributed by atoms with Crippen molar-refractivity contribution < 1.29 is 0 Å². The van der Waals surface area contributed by atoms with Crippen molar-refractivity contribution in [1.82, 2.24) is 4.98 Å². The minimum atomic E-state index is 0.507. The van der Waals surface area contributed by atoms with Crippen LogP contribution in [0.15, 0.2) is 36.5 Å². The van der Waals surface area contributed by atoms with Crippen molar-refractivity contribution in [2.75, 3.05) is 11.1 Å². The Morgan fingerprint density at radius 3 is 2.53 bits per heavy atom. The van der Waals surface area contributed by atoms with Crippen molar-refractivity contribution in [3.63, 3.8) is 0 Å². The standard InChI is InChI=1S/C12H11Cl2N3/c13-9-5-11(14)12(17-7-9)16-6-8-1-3-10(15)4-2-8/h1-5,7H,6,15H2,(H,16,17). The zero-order chi connectivity index (χ0) is 12.3. The van der Waals surface area contributed by atoms with E-state index < -0.39 is 0 Å². The topological polar surface area (TPSA) is 50.9 Å². The number of pyridine rings is 1. The van der Waals surface area contributed by atoms with Crippen LogP contribution in [0.3, 0.4) is 0 Å². The smallest absolute Gasteiger partial charge is 0.145 e. The van der Waals surface area contributed by atoms with Crippen LogP contribution in [0.4, 0.5) is 11.5 Å². The van der Waals surface area contributed by atoms with E-state index >= 15 is 0 Å². The summed E-state index contributed by atoms with van der Waals surface area (Å²) in [5, 5.41) is 4.16. The van der Waals surface area contributed by atoms with Gasteiger partial charge in [0.25, 0.3) is 0 Å². The van der Waals surface area contributed by atoms with Gasteiger partial charge in [0.05, 0.1) is 10.0 Å². The number of halogens is 2. The lowest BCUT2D eigenvalue weighted by Crippen LogP contribution is -2.01. The van der Waals surface area contributed by atoms with E-state index in [1.807, 2.05) is 24.3 Å². The monoisotopic (exact) mass is 267 g/mol. The summed E-state index contributed by atoms with van der Waals surface area (Å²) >= 11 is 11.8. The second kappa shape index (κ2) is 5.25. The van der Waals surface area contributed by atoms with Crippen molar-refractivity contribution in [2.45, 2.75) is 6.54 Å². The summed E-state index contributed by atoms with van der Waals surface area (Å²) < 4.78 is 0. The quantitative estimate of drug-likeness (QED) is 0.836. The number of hydrogen-bond acceptors (Lipinski definition) is 3. The van der Waals surface area contributed by atoms with E-state index in [0.717, 1.165) is 11.3 Å². The average Bonchev–Trinajstić information content (AvgIpc) is 2.30. The molecular weight excluding hydrogens is 257 g/mol. The van der Waals surface area contributed by atoms with Crippen LogP contribution in [0.5, 0.6) is 0 Å². The highest BCUT2D eigenvalue weighted by Gasteiger charge is 2.02. The van der Waals surface area contributed by atoms with Gasteiger partial charge in [0.15, 0.2) is 0 Å². The molecule has 1 aromatic heterocycles. The van der Waals surface area contributed by atoms with E-state index in [1.54, 1.807) is 12.3 Å². The molecule has 0 atom stereocenters. The van der Waals surface area contributed by atoms with Gasteiger partial charge < -0.3 is 11.1 Å². The number of nitrogens with one attached hydrogen (secondary N) is 1. The Bertz CT molecular complexity index is 512. The molecule has 1 aromatic carbocycles. The van der Waals surface area contributed by atoms with E-state index in [2.05, 4.69) is 10.3 Å². The SMILES string of the molecule is Nc1ccc(CNc2ncc(Cl)cc2Cl)cc1. The molecule has 88 valence electrons. The molecule has 0 bridgehead atoms. The Morgan fingerprint density at radius 1 is 1.18 bits per heavy atom. The van der Waals surface area contributed by atoms with Gasteiger partial charge in [-0.25, -0.2) is 4.98 Å². The Hall–Kier alpha value is -1.45. The van der Waals surface area contributed by atoms with Gasteiger partial charge in [0.1, 0.15) is 5.82 Å². The maximum absolute atomic E-state index is 5.99. The van der Waals surface area contributed by atoms with Crippen molar-refractivity contribution >= 4 is 34.7 Å². The highest BCUT2D eigenvalue weighted by Crippen LogP contribution is 2.22. The molecule has 1 heterocycles. The van der Waals surface area contributed by atoms with Gasteiger partial charge in [-0.3, -0.25) is 0 Å². The molecule has 0 unspecified atom stereocenters. The van der Waals surface area contributed by atoms with Gasteiger partial charge >= 0.3 is 0 Å². The van der Waals surface area contributed by atoms with Crippen LogP contribution in [0, 0.1) is 0 Å². The Kier molecular flexibility index (Phi) is 3.71. The first kappa shape index (κ1) is 12.0. The number of anilines is 2. The molecule has 17 heavy (non-hydrogen) atoms. The number of benzene rings is 1. The van der Waals surface area contributed by atoms with Gasteiger partial charge in [-0.2, -0.15) is 0 Å². The third-order valence-electron chi connectivity index (χ3n) is 2.25. The van der Waals surface area contributed by atoms with Crippen molar-refractivity contribution in [3.05, 3.63) is 52.1 Å². The third-order valence-corrected chi connectivity index (χ3v) is 2.74. The summed E-state index contributed by atoms with van der Waals surface area (Å²) in [5.41, 5.74) is 7.46. The van der Waals surface area contributed by atoms with E-state index in [9.17, 15) is 0 Å². The summed E-state index contributed by atoms with van der Waals surface area (Å²) in [5.74, 6) is 0.618. The molecule has 2 aromatic rings. The molecule has 2 rings (SSSR count). The Balaban J connectivity index is 2.04. The molecule has 0 fully saturated rings. The van der Waals surface area contributed by atoms with E-state index in [-0.39, 0.29) is 0 Å². The van der Waals surface area contributed by atoms with E-state index in [0.29, 0.717) is 22.4 Å². The minimum absolute atomic E-state index is 0.507. The van der Waals surface area contributed by atoms with Crippen LogP contribution < -0.4 is 11.1 Å². The Labute approximate surface area is 110 Å². The Morgan fingerprint density at radius 2 is 1.88 bits per heavy atom. The summed E-state index contributed by atoms with van der Waals surface area (Å²) in [7, 11) is 0. The third kappa shape index (κ3) is 3.25.